The molecule has 0 spiro atoms. The molecule has 1 aliphatic heterocycles. The fourth-order valence-corrected chi connectivity index (χ4v) is 3.48. The Balaban J connectivity index is 1.64. The molecule has 1 aliphatic rings. The minimum Gasteiger partial charge on any atom is -0.370 e. The second-order valence-corrected chi connectivity index (χ2v) is 7.20. The van der Waals surface area contributed by atoms with Gasteiger partial charge in [-0.15, -0.1) is 0 Å². The molecule has 0 radical (unpaired) electrons. The van der Waals surface area contributed by atoms with Gasteiger partial charge in [0.2, 0.25) is 11.9 Å². The first-order valence-corrected chi connectivity index (χ1v) is 9.65. The van der Waals surface area contributed by atoms with Crippen LogP contribution in [0.25, 0.3) is 0 Å². The molecule has 128 valence electrons. The minimum atomic E-state index is -0.374. The summed E-state index contributed by atoms with van der Waals surface area (Å²) in [7, 11) is 0. The van der Waals surface area contributed by atoms with Crippen LogP contribution in [0.1, 0.15) is 19.3 Å². The molecule has 1 fully saturated rings. The van der Waals surface area contributed by atoms with Crippen molar-refractivity contribution in [1.82, 2.24) is 19.1 Å². The lowest BCUT2D eigenvalue weighted by atomic mass is 10.1. The number of rotatable bonds is 5. The van der Waals surface area contributed by atoms with Crippen LogP contribution in [0.2, 0.25) is 0 Å². The molecule has 2 aromatic heterocycles. The van der Waals surface area contributed by atoms with E-state index in [1.807, 2.05) is 6.26 Å². The van der Waals surface area contributed by atoms with Crippen LogP contribution in [-0.2, 0) is 11.3 Å². The van der Waals surface area contributed by atoms with Crippen molar-refractivity contribution < 1.29 is 4.79 Å². The number of hydrogen-bond acceptors (Lipinski definition) is 8. The summed E-state index contributed by atoms with van der Waals surface area (Å²) in [5.41, 5.74) is 0.534. The van der Waals surface area contributed by atoms with Gasteiger partial charge in [0.05, 0.1) is 11.9 Å². The lowest BCUT2D eigenvalue weighted by molar-refractivity contribution is -0.117. The standard InChI is InChI=1S/C14H18N6O2S2/c1-23-14-17-13(18-24-14)16-11(21)9-20-12(22)7-10(8-15-20)19-5-3-2-4-6-19/h7-8H,2-6,9H2,1H3,(H,16,18,21). The maximum Gasteiger partial charge on any atom is 0.269 e. The Morgan fingerprint density at radius 1 is 1.38 bits per heavy atom. The summed E-state index contributed by atoms with van der Waals surface area (Å²) in [5, 5.41) is 6.69. The van der Waals surface area contributed by atoms with Crippen LogP contribution in [0.4, 0.5) is 11.6 Å². The summed E-state index contributed by atoms with van der Waals surface area (Å²) in [6.45, 7) is 1.73. The average Bonchev–Trinajstić information content (AvgIpc) is 3.05. The Hall–Kier alpha value is -1.94. The zero-order chi connectivity index (χ0) is 16.9. The van der Waals surface area contributed by atoms with Gasteiger partial charge in [-0.3, -0.25) is 14.9 Å². The first kappa shape index (κ1) is 16.9. The van der Waals surface area contributed by atoms with Gasteiger partial charge in [0, 0.05) is 19.2 Å². The van der Waals surface area contributed by atoms with Crippen LogP contribution in [0.5, 0.6) is 0 Å². The highest BCUT2D eigenvalue weighted by molar-refractivity contribution is 8.00. The van der Waals surface area contributed by atoms with Crippen molar-refractivity contribution in [3.05, 3.63) is 22.6 Å². The molecule has 3 rings (SSSR count). The number of nitrogens with one attached hydrogen (secondary N) is 1. The highest BCUT2D eigenvalue weighted by Crippen LogP contribution is 2.19. The van der Waals surface area contributed by atoms with Crippen LogP contribution in [-0.4, -0.2) is 44.4 Å². The largest absolute Gasteiger partial charge is 0.370 e. The van der Waals surface area contributed by atoms with Crippen molar-refractivity contribution in [1.29, 1.82) is 0 Å². The minimum absolute atomic E-state index is 0.160. The molecule has 3 heterocycles. The van der Waals surface area contributed by atoms with Gasteiger partial charge < -0.3 is 4.90 Å². The van der Waals surface area contributed by atoms with Gasteiger partial charge in [0.25, 0.3) is 5.56 Å². The van der Waals surface area contributed by atoms with Crippen molar-refractivity contribution >= 4 is 40.8 Å². The van der Waals surface area contributed by atoms with E-state index in [-0.39, 0.29) is 24.0 Å². The number of anilines is 2. The van der Waals surface area contributed by atoms with Crippen LogP contribution in [0, 0.1) is 0 Å². The van der Waals surface area contributed by atoms with Crippen LogP contribution >= 0.6 is 23.3 Å². The van der Waals surface area contributed by atoms with E-state index in [0.717, 1.165) is 40.6 Å². The molecule has 24 heavy (non-hydrogen) atoms. The second-order valence-electron chi connectivity index (χ2n) is 5.39. The molecule has 10 heteroatoms. The van der Waals surface area contributed by atoms with Gasteiger partial charge in [-0.05, 0) is 37.1 Å². The van der Waals surface area contributed by atoms with Crippen LogP contribution in [0.3, 0.4) is 0 Å². The fourth-order valence-electron chi connectivity index (χ4n) is 2.51. The first-order chi connectivity index (χ1) is 11.7. The fraction of sp³-hybridized carbons (Fsp3) is 0.500. The third-order valence-corrected chi connectivity index (χ3v) is 5.38. The Morgan fingerprint density at radius 2 is 2.17 bits per heavy atom. The van der Waals surface area contributed by atoms with E-state index in [9.17, 15) is 9.59 Å². The Labute approximate surface area is 147 Å². The normalized spacial score (nSPS) is 14.6. The lowest BCUT2D eigenvalue weighted by Gasteiger charge is -2.28. The topological polar surface area (TPSA) is 93.0 Å². The molecular formula is C14H18N6O2S2. The number of carbonyl (C=O) groups is 1. The molecule has 1 saturated heterocycles. The average molecular weight is 366 g/mol. The molecule has 1 amide bonds. The molecule has 0 saturated carbocycles. The van der Waals surface area contributed by atoms with E-state index in [2.05, 4.69) is 24.7 Å². The quantitative estimate of drug-likeness (QED) is 0.801. The van der Waals surface area contributed by atoms with Gasteiger partial charge >= 0.3 is 0 Å². The van der Waals surface area contributed by atoms with Crippen LogP contribution < -0.4 is 15.8 Å². The number of aromatic nitrogens is 4. The van der Waals surface area contributed by atoms with E-state index >= 15 is 0 Å². The summed E-state index contributed by atoms with van der Waals surface area (Å²) in [5.74, 6) is -0.117. The number of nitrogens with zero attached hydrogens (tertiary/aromatic N) is 5. The molecule has 0 unspecified atom stereocenters. The lowest BCUT2D eigenvalue weighted by Crippen LogP contribution is -2.33. The third kappa shape index (κ3) is 4.12. The highest BCUT2D eigenvalue weighted by Gasteiger charge is 2.14. The Kier molecular flexibility index (Phi) is 5.46. The molecule has 0 aliphatic carbocycles. The van der Waals surface area contributed by atoms with E-state index in [1.54, 1.807) is 12.3 Å². The summed E-state index contributed by atoms with van der Waals surface area (Å²) in [6, 6.07) is 1.54. The predicted molar refractivity (Wildman–Crippen MR) is 94.9 cm³/mol. The van der Waals surface area contributed by atoms with E-state index in [0.29, 0.717) is 0 Å². The molecule has 0 atom stereocenters. The molecule has 0 bridgehead atoms. The molecule has 2 aromatic rings. The van der Waals surface area contributed by atoms with Gasteiger partial charge in [0.15, 0.2) is 4.34 Å². The zero-order valence-electron chi connectivity index (χ0n) is 13.3. The Morgan fingerprint density at radius 3 is 2.83 bits per heavy atom. The molecule has 8 nitrogen and oxygen atoms in total. The predicted octanol–water partition coefficient (Wildman–Crippen LogP) is 1.45. The monoisotopic (exact) mass is 366 g/mol. The van der Waals surface area contributed by atoms with Crippen molar-refractivity contribution in [3.63, 3.8) is 0 Å². The smallest absolute Gasteiger partial charge is 0.269 e. The van der Waals surface area contributed by atoms with E-state index in [4.69, 9.17) is 0 Å². The maximum absolute atomic E-state index is 12.2. The van der Waals surface area contributed by atoms with E-state index in [1.165, 1.54) is 29.7 Å². The summed E-state index contributed by atoms with van der Waals surface area (Å²) < 4.78 is 5.94. The summed E-state index contributed by atoms with van der Waals surface area (Å²) >= 11 is 2.68. The first-order valence-electron chi connectivity index (χ1n) is 7.65. The van der Waals surface area contributed by atoms with Crippen molar-refractivity contribution in [2.45, 2.75) is 30.1 Å². The van der Waals surface area contributed by atoms with Crippen molar-refractivity contribution in [3.8, 4) is 0 Å². The third-order valence-electron chi connectivity index (χ3n) is 3.70. The SMILES string of the molecule is CSc1nc(NC(=O)Cn2ncc(N3CCCCC3)cc2=O)ns1. The molecule has 0 aromatic carbocycles. The second kappa shape index (κ2) is 7.75. The number of carbonyl (C=O) groups excluding carboxylic acids is 1. The van der Waals surface area contributed by atoms with Gasteiger partial charge in [0.1, 0.15) is 6.54 Å². The number of amides is 1. The highest BCUT2D eigenvalue weighted by atomic mass is 32.2. The van der Waals surface area contributed by atoms with Crippen LogP contribution in [0.15, 0.2) is 21.4 Å². The van der Waals surface area contributed by atoms with Gasteiger partial charge in [-0.2, -0.15) is 14.5 Å². The van der Waals surface area contributed by atoms with Gasteiger partial charge in [-0.1, -0.05) is 11.8 Å². The summed E-state index contributed by atoms with van der Waals surface area (Å²) in [6.07, 6.45) is 7.02. The maximum atomic E-state index is 12.2. The van der Waals surface area contributed by atoms with E-state index < -0.39 is 0 Å². The molecule has 1 N–H and O–H groups in total. The summed E-state index contributed by atoms with van der Waals surface area (Å²) in [4.78, 5) is 30.5. The number of hydrogen-bond donors (Lipinski definition) is 1. The number of thioether (sulfide) groups is 1. The zero-order valence-corrected chi connectivity index (χ0v) is 14.9. The van der Waals surface area contributed by atoms with Crippen molar-refractivity contribution in [2.75, 3.05) is 29.6 Å². The Bertz CT molecular complexity index is 769. The van der Waals surface area contributed by atoms with Crippen molar-refractivity contribution in [2.24, 2.45) is 0 Å². The number of piperidine rings is 1. The van der Waals surface area contributed by atoms with Gasteiger partial charge in [-0.25, -0.2) is 4.68 Å². The molecular weight excluding hydrogens is 348 g/mol.